The maximum atomic E-state index is 12.8. The summed E-state index contributed by atoms with van der Waals surface area (Å²) >= 11 is 6.15. The third-order valence-corrected chi connectivity index (χ3v) is 5.99. The normalized spacial score (nSPS) is 20.8. The number of nitrogens with one attached hydrogen (secondary N) is 2. The number of aryl methyl sites for hydroxylation is 1. The lowest BCUT2D eigenvalue weighted by Gasteiger charge is -2.37. The summed E-state index contributed by atoms with van der Waals surface area (Å²) < 4.78 is 1.82. The van der Waals surface area contributed by atoms with E-state index in [4.69, 9.17) is 11.6 Å². The van der Waals surface area contributed by atoms with Crippen molar-refractivity contribution >= 4 is 17.5 Å². The Bertz CT molecular complexity index is 909. The lowest BCUT2D eigenvalue weighted by Crippen LogP contribution is -2.46. The number of halogens is 1. The monoisotopic (exact) mass is 385 g/mol. The zero-order valence-electron chi connectivity index (χ0n) is 15.2. The van der Waals surface area contributed by atoms with Crippen molar-refractivity contribution in [3.05, 3.63) is 68.6 Å². The number of fused-ring (bicyclic) bond motifs is 4. The molecule has 2 aromatic rings. The average Bonchev–Trinajstić information content (AvgIpc) is 2.67. The summed E-state index contributed by atoms with van der Waals surface area (Å²) in [5.74, 6) is 0.559. The van der Waals surface area contributed by atoms with Crippen molar-refractivity contribution < 1.29 is 4.79 Å². The molecule has 1 aromatic carbocycles. The molecular formula is C21H24ClN3O2. The van der Waals surface area contributed by atoms with Gasteiger partial charge in [-0.3, -0.25) is 9.59 Å². The van der Waals surface area contributed by atoms with Gasteiger partial charge in [0, 0.05) is 36.3 Å². The molecule has 142 valence electrons. The molecule has 1 fully saturated rings. The van der Waals surface area contributed by atoms with E-state index in [0.29, 0.717) is 24.9 Å². The number of benzene rings is 1. The maximum Gasteiger partial charge on any atom is 0.263 e. The highest BCUT2D eigenvalue weighted by molar-refractivity contribution is 6.31. The van der Waals surface area contributed by atoms with Crippen molar-refractivity contribution in [3.8, 4) is 0 Å². The van der Waals surface area contributed by atoms with Crippen LogP contribution in [-0.4, -0.2) is 30.1 Å². The third-order valence-electron chi connectivity index (χ3n) is 5.62. The van der Waals surface area contributed by atoms with E-state index in [1.54, 1.807) is 6.07 Å². The largest absolute Gasteiger partial charge is 0.352 e. The number of carbonyl (C=O) groups is 1. The van der Waals surface area contributed by atoms with E-state index in [1.165, 1.54) is 0 Å². The van der Waals surface area contributed by atoms with Crippen LogP contribution in [0.1, 0.15) is 40.4 Å². The van der Waals surface area contributed by atoms with Crippen molar-refractivity contribution in [1.82, 2.24) is 15.2 Å². The number of rotatable bonds is 5. The lowest BCUT2D eigenvalue weighted by molar-refractivity contribution is 0.0950. The molecule has 2 N–H and O–H groups in total. The Morgan fingerprint density at radius 1 is 1.22 bits per heavy atom. The van der Waals surface area contributed by atoms with Gasteiger partial charge in [-0.05, 0) is 55.5 Å². The molecule has 1 aromatic heterocycles. The van der Waals surface area contributed by atoms with Crippen LogP contribution in [0, 0.1) is 5.92 Å². The van der Waals surface area contributed by atoms with Gasteiger partial charge >= 0.3 is 0 Å². The highest BCUT2D eigenvalue weighted by Gasteiger charge is 2.31. The number of hydrogen-bond donors (Lipinski definition) is 2. The number of nitrogens with zero attached hydrogens (tertiary/aromatic N) is 1. The molecule has 4 rings (SSSR count). The first-order chi connectivity index (χ1) is 13.1. The SMILES string of the molecule is O=C(NCCCc1ccccc1Cl)c1ccc2n(c1=O)C[C@@H]1CNC[C@H]2C1. The standard InChI is InChI=1S/C21H24ClN3O2/c22-18-6-2-1-4-15(18)5-3-9-24-20(26)17-7-8-19-16-10-14(11-23-12-16)13-25(19)21(17)27/h1-2,4,6-8,14,16,23H,3,5,9-13H2,(H,24,26)/t14-,16+/m0/s1. The van der Waals surface area contributed by atoms with E-state index >= 15 is 0 Å². The molecule has 27 heavy (non-hydrogen) atoms. The van der Waals surface area contributed by atoms with Crippen molar-refractivity contribution in [2.45, 2.75) is 31.7 Å². The molecule has 2 bridgehead atoms. The Labute approximate surface area is 163 Å². The van der Waals surface area contributed by atoms with Crippen LogP contribution in [0.5, 0.6) is 0 Å². The zero-order valence-corrected chi connectivity index (χ0v) is 16.0. The molecule has 5 nitrogen and oxygen atoms in total. The van der Waals surface area contributed by atoms with E-state index in [-0.39, 0.29) is 17.0 Å². The van der Waals surface area contributed by atoms with Crippen molar-refractivity contribution in [2.24, 2.45) is 5.92 Å². The summed E-state index contributed by atoms with van der Waals surface area (Å²) in [4.78, 5) is 25.4. The van der Waals surface area contributed by atoms with Crippen LogP contribution in [0.3, 0.4) is 0 Å². The van der Waals surface area contributed by atoms with Gasteiger partial charge in [0.1, 0.15) is 5.56 Å². The number of piperidine rings is 1. The molecule has 0 spiro atoms. The predicted molar refractivity (Wildman–Crippen MR) is 107 cm³/mol. The molecule has 2 aliphatic rings. The average molecular weight is 386 g/mol. The van der Waals surface area contributed by atoms with Crippen LogP contribution < -0.4 is 16.2 Å². The maximum absolute atomic E-state index is 12.8. The Balaban J connectivity index is 1.40. The first kappa shape index (κ1) is 18.3. The molecule has 1 amide bonds. The minimum atomic E-state index is -0.289. The van der Waals surface area contributed by atoms with Gasteiger partial charge in [-0.25, -0.2) is 0 Å². The van der Waals surface area contributed by atoms with Gasteiger partial charge in [0.15, 0.2) is 0 Å². The molecule has 0 radical (unpaired) electrons. The molecular weight excluding hydrogens is 362 g/mol. The van der Waals surface area contributed by atoms with E-state index in [9.17, 15) is 9.59 Å². The van der Waals surface area contributed by atoms with Gasteiger partial charge in [0.05, 0.1) is 0 Å². The van der Waals surface area contributed by atoms with Gasteiger partial charge in [0.2, 0.25) is 0 Å². The summed E-state index contributed by atoms with van der Waals surface area (Å²) in [5, 5.41) is 7.06. The fourth-order valence-electron chi connectivity index (χ4n) is 4.24. The Hall–Kier alpha value is -2.11. The minimum absolute atomic E-state index is 0.160. The van der Waals surface area contributed by atoms with E-state index in [1.807, 2.05) is 34.9 Å². The molecule has 6 heteroatoms. The summed E-state index contributed by atoms with van der Waals surface area (Å²) in [6.45, 7) is 3.07. The summed E-state index contributed by atoms with van der Waals surface area (Å²) in [5.41, 5.74) is 2.21. The zero-order chi connectivity index (χ0) is 18.8. The molecule has 0 unspecified atom stereocenters. The summed E-state index contributed by atoms with van der Waals surface area (Å²) in [6, 6.07) is 11.4. The van der Waals surface area contributed by atoms with Crippen LogP contribution in [-0.2, 0) is 13.0 Å². The molecule has 0 saturated carbocycles. The number of carbonyl (C=O) groups excluding carboxylic acids is 1. The first-order valence-corrected chi connectivity index (χ1v) is 9.97. The number of amides is 1. The minimum Gasteiger partial charge on any atom is -0.352 e. The van der Waals surface area contributed by atoms with Gasteiger partial charge in [-0.15, -0.1) is 0 Å². The number of hydrogen-bond acceptors (Lipinski definition) is 3. The third kappa shape index (κ3) is 3.80. The van der Waals surface area contributed by atoms with E-state index < -0.39 is 0 Å². The predicted octanol–water partition coefficient (Wildman–Crippen LogP) is 2.57. The van der Waals surface area contributed by atoms with Crippen LogP contribution in [0.25, 0.3) is 0 Å². The molecule has 3 heterocycles. The van der Waals surface area contributed by atoms with Crippen molar-refractivity contribution in [2.75, 3.05) is 19.6 Å². The Kier molecular flexibility index (Phi) is 5.32. The van der Waals surface area contributed by atoms with Crippen LogP contribution in [0.4, 0.5) is 0 Å². The molecule has 0 aliphatic carbocycles. The van der Waals surface area contributed by atoms with Gasteiger partial charge < -0.3 is 15.2 Å². The number of pyridine rings is 1. The summed E-state index contributed by atoms with van der Waals surface area (Å²) in [6.07, 6.45) is 2.69. The van der Waals surface area contributed by atoms with E-state index in [0.717, 1.165) is 48.6 Å². The Morgan fingerprint density at radius 2 is 2.07 bits per heavy atom. The van der Waals surface area contributed by atoms with Gasteiger partial charge in [-0.2, -0.15) is 0 Å². The van der Waals surface area contributed by atoms with Crippen LogP contribution >= 0.6 is 11.6 Å². The fourth-order valence-corrected chi connectivity index (χ4v) is 4.47. The highest BCUT2D eigenvalue weighted by Crippen LogP contribution is 2.31. The van der Waals surface area contributed by atoms with E-state index in [2.05, 4.69) is 10.6 Å². The van der Waals surface area contributed by atoms with Crippen molar-refractivity contribution in [1.29, 1.82) is 0 Å². The second-order valence-electron chi connectivity index (χ2n) is 7.50. The Morgan fingerprint density at radius 3 is 2.93 bits per heavy atom. The first-order valence-electron chi connectivity index (χ1n) is 9.59. The highest BCUT2D eigenvalue weighted by atomic mass is 35.5. The molecule has 1 saturated heterocycles. The van der Waals surface area contributed by atoms with Gasteiger partial charge in [-0.1, -0.05) is 29.8 Å². The lowest BCUT2D eigenvalue weighted by atomic mass is 9.84. The van der Waals surface area contributed by atoms with Gasteiger partial charge in [0.25, 0.3) is 11.5 Å². The summed E-state index contributed by atoms with van der Waals surface area (Å²) in [7, 11) is 0. The van der Waals surface area contributed by atoms with Crippen LogP contribution in [0.2, 0.25) is 5.02 Å². The smallest absolute Gasteiger partial charge is 0.263 e. The quantitative estimate of drug-likeness (QED) is 0.777. The molecule has 2 atom stereocenters. The second kappa shape index (κ2) is 7.87. The molecule has 2 aliphatic heterocycles. The number of aromatic nitrogens is 1. The topological polar surface area (TPSA) is 63.1 Å². The van der Waals surface area contributed by atoms with Crippen molar-refractivity contribution in [3.63, 3.8) is 0 Å². The van der Waals surface area contributed by atoms with Crippen LogP contribution in [0.15, 0.2) is 41.2 Å². The second-order valence-corrected chi connectivity index (χ2v) is 7.90. The fraction of sp³-hybridized carbons (Fsp3) is 0.429.